The molecule has 0 aliphatic heterocycles. The smallest absolute Gasteiger partial charge is 0.242 e. The molecule has 0 amide bonds. The fourth-order valence-electron chi connectivity index (χ4n) is 1.94. The summed E-state index contributed by atoms with van der Waals surface area (Å²) < 4.78 is 32.8. The van der Waals surface area contributed by atoms with Gasteiger partial charge in [0.15, 0.2) is 0 Å². The number of rotatable bonds is 10. The highest BCUT2D eigenvalue weighted by molar-refractivity contribution is 7.89. The van der Waals surface area contributed by atoms with Crippen LogP contribution in [0, 0.1) is 0 Å². The Morgan fingerprint density at radius 2 is 2.00 bits per heavy atom. The van der Waals surface area contributed by atoms with Gasteiger partial charge in [-0.3, -0.25) is 0 Å². The van der Waals surface area contributed by atoms with E-state index in [-0.39, 0.29) is 6.04 Å². The summed E-state index contributed by atoms with van der Waals surface area (Å²) in [7, 11) is -3.43. The predicted molar refractivity (Wildman–Crippen MR) is 84.0 cm³/mol. The van der Waals surface area contributed by atoms with Crippen LogP contribution in [0.2, 0.25) is 0 Å². The molecule has 1 saturated carbocycles. The second-order valence-electron chi connectivity index (χ2n) is 5.28. The van der Waals surface area contributed by atoms with Gasteiger partial charge in [-0.05, 0) is 31.4 Å². The molecule has 0 unspecified atom stereocenters. The number of para-hydroxylation sites is 1. The maximum atomic E-state index is 12.3. The van der Waals surface area contributed by atoms with Crippen molar-refractivity contribution in [2.24, 2.45) is 0 Å². The molecular formula is C15H24N2O3S. The molecule has 118 valence electrons. The van der Waals surface area contributed by atoms with Gasteiger partial charge in [0.1, 0.15) is 4.90 Å². The normalized spacial score (nSPS) is 15.1. The first-order valence-electron chi connectivity index (χ1n) is 7.56. The lowest BCUT2D eigenvalue weighted by Crippen LogP contribution is -2.26. The summed E-state index contributed by atoms with van der Waals surface area (Å²) in [6, 6.07) is 7.10. The molecule has 0 bridgehead atoms. The quantitative estimate of drug-likeness (QED) is 0.651. The zero-order chi connectivity index (χ0) is 15.1. The van der Waals surface area contributed by atoms with E-state index < -0.39 is 10.0 Å². The lowest BCUT2D eigenvalue weighted by atomic mass is 10.3. The van der Waals surface area contributed by atoms with Crippen LogP contribution in [0.25, 0.3) is 0 Å². The second kappa shape index (κ2) is 7.77. The lowest BCUT2D eigenvalue weighted by molar-refractivity contribution is 0.141. The molecule has 2 N–H and O–H groups in total. The zero-order valence-corrected chi connectivity index (χ0v) is 13.3. The van der Waals surface area contributed by atoms with Crippen LogP contribution in [0.1, 0.15) is 32.6 Å². The van der Waals surface area contributed by atoms with Gasteiger partial charge >= 0.3 is 0 Å². The van der Waals surface area contributed by atoms with Crippen molar-refractivity contribution in [1.82, 2.24) is 4.72 Å². The van der Waals surface area contributed by atoms with Crippen LogP contribution in [0.15, 0.2) is 29.2 Å². The first-order valence-corrected chi connectivity index (χ1v) is 9.05. The molecule has 0 radical (unpaired) electrons. The number of unbranched alkanes of at least 4 members (excludes halogenated alkanes) is 1. The van der Waals surface area contributed by atoms with Crippen molar-refractivity contribution in [2.75, 3.05) is 25.1 Å². The molecule has 1 aliphatic carbocycles. The SMILES string of the molecule is CCCCOCCNc1ccccc1S(=O)(=O)NC1CC1. The molecule has 0 atom stereocenters. The third-order valence-electron chi connectivity index (χ3n) is 3.28. The third-order valence-corrected chi connectivity index (χ3v) is 4.86. The monoisotopic (exact) mass is 312 g/mol. The largest absolute Gasteiger partial charge is 0.382 e. The Hall–Kier alpha value is -1.11. The molecule has 21 heavy (non-hydrogen) atoms. The molecule has 5 nitrogen and oxygen atoms in total. The number of hydrogen-bond acceptors (Lipinski definition) is 4. The molecule has 1 aromatic carbocycles. The molecular weight excluding hydrogens is 288 g/mol. The number of hydrogen-bond donors (Lipinski definition) is 2. The molecule has 1 aliphatic rings. The average molecular weight is 312 g/mol. The highest BCUT2D eigenvalue weighted by Gasteiger charge is 2.29. The number of nitrogens with one attached hydrogen (secondary N) is 2. The summed E-state index contributed by atoms with van der Waals surface area (Å²) in [5.41, 5.74) is 0.629. The first kappa shape index (κ1) is 16.3. The zero-order valence-electron chi connectivity index (χ0n) is 12.5. The first-order chi connectivity index (χ1) is 10.1. The minimum atomic E-state index is -3.43. The predicted octanol–water partition coefficient (Wildman–Crippen LogP) is 2.36. The van der Waals surface area contributed by atoms with E-state index in [9.17, 15) is 8.42 Å². The Bertz CT molecular complexity index is 542. The van der Waals surface area contributed by atoms with Crippen molar-refractivity contribution >= 4 is 15.7 Å². The Kier molecular flexibility index (Phi) is 6.02. The van der Waals surface area contributed by atoms with Gasteiger partial charge < -0.3 is 10.1 Å². The van der Waals surface area contributed by atoms with Crippen LogP contribution in [-0.2, 0) is 14.8 Å². The summed E-state index contributed by atoms with van der Waals surface area (Å²) in [5.74, 6) is 0. The molecule has 2 rings (SSSR count). The van der Waals surface area contributed by atoms with Gasteiger partial charge in [0, 0.05) is 19.2 Å². The summed E-state index contributed by atoms with van der Waals surface area (Å²) in [6.07, 6.45) is 4.03. The maximum absolute atomic E-state index is 12.3. The molecule has 0 spiro atoms. The number of benzene rings is 1. The van der Waals surface area contributed by atoms with E-state index >= 15 is 0 Å². The highest BCUT2D eigenvalue weighted by atomic mass is 32.2. The summed E-state index contributed by atoms with van der Waals surface area (Å²) >= 11 is 0. The van der Waals surface area contributed by atoms with E-state index in [4.69, 9.17) is 4.74 Å². The van der Waals surface area contributed by atoms with Crippen molar-refractivity contribution < 1.29 is 13.2 Å². The fraction of sp³-hybridized carbons (Fsp3) is 0.600. The molecule has 0 aromatic heterocycles. The molecule has 1 fully saturated rings. The third kappa shape index (κ3) is 5.30. The Labute approximate surface area is 127 Å². The Morgan fingerprint density at radius 3 is 2.71 bits per heavy atom. The van der Waals surface area contributed by atoms with Crippen LogP contribution in [0.5, 0.6) is 0 Å². The number of anilines is 1. The van der Waals surface area contributed by atoms with Crippen LogP contribution >= 0.6 is 0 Å². The van der Waals surface area contributed by atoms with Gasteiger partial charge in [0.2, 0.25) is 10.0 Å². The van der Waals surface area contributed by atoms with E-state index in [0.717, 1.165) is 32.3 Å². The Balaban J connectivity index is 1.90. The van der Waals surface area contributed by atoms with E-state index in [1.165, 1.54) is 0 Å². The molecule has 1 aromatic rings. The van der Waals surface area contributed by atoms with Gasteiger partial charge in [-0.25, -0.2) is 13.1 Å². The van der Waals surface area contributed by atoms with Crippen molar-refractivity contribution in [3.63, 3.8) is 0 Å². The van der Waals surface area contributed by atoms with Crippen molar-refractivity contribution in [3.8, 4) is 0 Å². The molecule has 6 heteroatoms. The highest BCUT2D eigenvalue weighted by Crippen LogP contribution is 2.25. The van der Waals surface area contributed by atoms with Gasteiger partial charge in [-0.1, -0.05) is 25.5 Å². The van der Waals surface area contributed by atoms with Gasteiger partial charge in [-0.2, -0.15) is 0 Å². The average Bonchev–Trinajstić information content (AvgIpc) is 3.26. The minimum absolute atomic E-state index is 0.112. The van der Waals surface area contributed by atoms with E-state index in [2.05, 4.69) is 17.0 Å². The van der Waals surface area contributed by atoms with Crippen molar-refractivity contribution in [3.05, 3.63) is 24.3 Å². The topological polar surface area (TPSA) is 67.4 Å². The van der Waals surface area contributed by atoms with Crippen LogP contribution in [-0.4, -0.2) is 34.2 Å². The standard InChI is InChI=1S/C15H24N2O3S/c1-2-3-11-20-12-10-16-14-6-4-5-7-15(14)21(18,19)17-13-8-9-13/h4-7,13,16-17H,2-3,8-12H2,1H3. The van der Waals surface area contributed by atoms with Gasteiger partial charge in [0.25, 0.3) is 0 Å². The summed E-state index contributed by atoms with van der Waals surface area (Å²) in [5, 5.41) is 3.15. The van der Waals surface area contributed by atoms with Crippen LogP contribution < -0.4 is 10.0 Å². The minimum Gasteiger partial charge on any atom is -0.382 e. The molecule has 0 heterocycles. The van der Waals surface area contributed by atoms with E-state index in [0.29, 0.717) is 23.7 Å². The second-order valence-corrected chi connectivity index (χ2v) is 6.97. The maximum Gasteiger partial charge on any atom is 0.242 e. The van der Waals surface area contributed by atoms with Gasteiger partial charge in [0.05, 0.1) is 12.3 Å². The Morgan fingerprint density at radius 1 is 1.24 bits per heavy atom. The van der Waals surface area contributed by atoms with Crippen molar-refractivity contribution in [1.29, 1.82) is 0 Å². The van der Waals surface area contributed by atoms with E-state index in [1.807, 2.05) is 6.07 Å². The van der Waals surface area contributed by atoms with E-state index in [1.54, 1.807) is 18.2 Å². The summed E-state index contributed by atoms with van der Waals surface area (Å²) in [4.78, 5) is 0.311. The van der Waals surface area contributed by atoms with Crippen LogP contribution in [0.4, 0.5) is 5.69 Å². The van der Waals surface area contributed by atoms with Crippen molar-refractivity contribution in [2.45, 2.75) is 43.5 Å². The fourth-order valence-corrected chi connectivity index (χ4v) is 3.43. The lowest BCUT2D eigenvalue weighted by Gasteiger charge is -2.13. The number of ether oxygens (including phenoxy) is 1. The van der Waals surface area contributed by atoms with Gasteiger partial charge in [-0.15, -0.1) is 0 Å². The summed E-state index contributed by atoms with van der Waals surface area (Å²) in [6.45, 7) is 4.04. The van der Waals surface area contributed by atoms with Crippen LogP contribution in [0.3, 0.4) is 0 Å². The number of sulfonamides is 1. The molecule has 0 saturated heterocycles.